The van der Waals surface area contributed by atoms with Crippen molar-refractivity contribution in [1.82, 2.24) is 15.2 Å². The van der Waals surface area contributed by atoms with Crippen LogP contribution in [0.25, 0.3) is 0 Å². The number of amides is 2. The number of aromatic nitrogens is 1. The minimum Gasteiger partial charge on any atom is -0.345 e. The quantitative estimate of drug-likeness (QED) is 0.905. The number of aryl methyl sites for hydroxylation is 1. The van der Waals surface area contributed by atoms with E-state index in [-0.39, 0.29) is 24.4 Å². The Kier molecular flexibility index (Phi) is 4.19. The second-order valence-corrected chi connectivity index (χ2v) is 6.21. The minimum atomic E-state index is -0.370. The first-order valence-corrected chi connectivity index (χ1v) is 7.33. The van der Waals surface area contributed by atoms with Crippen molar-refractivity contribution in [2.75, 3.05) is 6.54 Å². The highest BCUT2D eigenvalue weighted by Gasteiger charge is 2.35. The second kappa shape index (κ2) is 5.69. The van der Waals surface area contributed by atoms with Crippen molar-refractivity contribution in [3.63, 3.8) is 0 Å². The SMILES string of the molecule is Cc1csc(CN2C(=O)CNC(=O)C2CC(C)C)n1. The zero-order valence-corrected chi connectivity index (χ0v) is 12.3. The Labute approximate surface area is 117 Å². The summed E-state index contributed by atoms with van der Waals surface area (Å²) < 4.78 is 0. The first-order valence-electron chi connectivity index (χ1n) is 6.45. The minimum absolute atomic E-state index is 0.0295. The zero-order valence-electron chi connectivity index (χ0n) is 11.5. The van der Waals surface area contributed by atoms with Gasteiger partial charge in [-0.05, 0) is 19.3 Å². The molecule has 2 amide bonds. The predicted molar refractivity (Wildman–Crippen MR) is 73.7 cm³/mol. The predicted octanol–water partition coefficient (Wildman–Crippen LogP) is 1.32. The Bertz CT molecular complexity index is 484. The molecular formula is C13H19N3O2S. The summed E-state index contributed by atoms with van der Waals surface area (Å²) in [4.78, 5) is 30.0. The van der Waals surface area contributed by atoms with Crippen LogP contribution in [0, 0.1) is 12.8 Å². The fourth-order valence-corrected chi connectivity index (χ4v) is 2.97. The van der Waals surface area contributed by atoms with Crippen LogP contribution in [-0.4, -0.2) is 34.3 Å². The molecular weight excluding hydrogens is 262 g/mol. The molecule has 0 saturated carbocycles. The van der Waals surface area contributed by atoms with Gasteiger partial charge in [0.25, 0.3) is 0 Å². The average Bonchev–Trinajstić information content (AvgIpc) is 2.74. The highest BCUT2D eigenvalue weighted by Crippen LogP contribution is 2.19. The summed E-state index contributed by atoms with van der Waals surface area (Å²) in [6, 6.07) is -0.370. The van der Waals surface area contributed by atoms with Crippen molar-refractivity contribution >= 4 is 23.2 Å². The monoisotopic (exact) mass is 281 g/mol. The molecule has 1 fully saturated rings. The fourth-order valence-electron chi connectivity index (χ4n) is 2.20. The summed E-state index contributed by atoms with van der Waals surface area (Å²) in [5.74, 6) is 0.280. The van der Waals surface area contributed by atoms with Gasteiger partial charge < -0.3 is 10.2 Å². The van der Waals surface area contributed by atoms with Crippen LogP contribution in [0.1, 0.15) is 31.0 Å². The zero-order chi connectivity index (χ0) is 14.0. The largest absolute Gasteiger partial charge is 0.345 e. The molecule has 1 aromatic rings. The summed E-state index contributed by atoms with van der Waals surface area (Å²) in [5, 5.41) is 5.50. The van der Waals surface area contributed by atoms with Gasteiger partial charge in [-0.1, -0.05) is 13.8 Å². The van der Waals surface area contributed by atoms with Crippen LogP contribution in [0.3, 0.4) is 0 Å². The van der Waals surface area contributed by atoms with E-state index in [2.05, 4.69) is 24.1 Å². The number of carbonyl (C=O) groups excluding carboxylic acids is 2. The number of piperazine rings is 1. The summed E-state index contributed by atoms with van der Waals surface area (Å²) in [7, 11) is 0. The molecule has 0 bridgehead atoms. The van der Waals surface area contributed by atoms with Crippen molar-refractivity contribution in [1.29, 1.82) is 0 Å². The summed E-state index contributed by atoms with van der Waals surface area (Å²) in [6.07, 6.45) is 0.682. The van der Waals surface area contributed by atoms with Crippen molar-refractivity contribution in [3.05, 3.63) is 16.1 Å². The van der Waals surface area contributed by atoms with E-state index in [1.54, 1.807) is 4.90 Å². The third-order valence-electron chi connectivity index (χ3n) is 3.08. The molecule has 0 aromatic carbocycles. The van der Waals surface area contributed by atoms with Crippen molar-refractivity contribution in [2.45, 2.75) is 39.8 Å². The number of nitrogens with zero attached hydrogens (tertiary/aromatic N) is 2. The molecule has 1 aliphatic heterocycles. The smallest absolute Gasteiger partial charge is 0.243 e. The van der Waals surface area contributed by atoms with Gasteiger partial charge in [-0.15, -0.1) is 11.3 Å². The van der Waals surface area contributed by atoms with Crippen LogP contribution >= 0.6 is 11.3 Å². The van der Waals surface area contributed by atoms with E-state index < -0.39 is 0 Å². The molecule has 2 heterocycles. The highest BCUT2D eigenvalue weighted by molar-refractivity contribution is 7.09. The van der Waals surface area contributed by atoms with Crippen LogP contribution < -0.4 is 5.32 Å². The van der Waals surface area contributed by atoms with Crippen molar-refractivity contribution in [2.24, 2.45) is 5.92 Å². The lowest BCUT2D eigenvalue weighted by Crippen LogP contribution is -2.58. The fraction of sp³-hybridized carbons (Fsp3) is 0.615. The average molecular weight is 281 g/mol. The molecule has 104 valence electrons. The van der Waals surface area contributed by atoms with E-state index in [0.717, 1.165) is 10.7 Å². The van der Waals surface area contributed by atoms with Gasteiger partial charge in [0.1, 0.15) is 11.0 Å². The highest BCUT2D eigenvalue weighted by atomic mass is 32.1. The van der Waals surface area contributed by atoms with Gasteiger partial charge in [-0.2, -0.15) is 0 Å². The van der Waals surface area contributed by atoms with Crippen LogP contribution in [0.2, 0.25) is 0 Å². The molecule has 1 unspecified atom stereocenters. The molecule has 19 heavy (non-hydrogen) atoms. The Hall–Kier alpha value is -1.43. The molecule has 0 aliphatic carbocycles. The van der Waals surface area contributed by atoms with Gasteiger partial charge in [0, 0.05) is 11.1 Å². The van der Waals surface area contributed by atoms with Gasteiger partial charge in [0.15, 0.2) is 0 Å². The van der Waals surface area contributed by atoms with Crippen molar-refractivity contribution in [3.8, 4) is 0 Å². The Morgan fingerprint density at radius 3 is 2.84 bits per heavy atom. The van der Waals surface area contributed by atoms with E-state index in [9.17, 15) is 9.59 Å². The van der Waals surface area contributed by atoms with Crippen LogP contribution in [-0.2, 0) is 16.1 Å². The molecule has 1 aliphatic rings. The molecule has 1 atom stereocenters. The van der Waals surface area contributed by atoms with E-state index in [1.807, 2.05) is 12.3 Å². The Morgan fingerprint density at radius 2 is 2.26 bits per heavy atom. The molecule has 0 radical (unpaired) electrons. The molecule has 2 rings (SSSR count). The summed E-state index contributed by atoms with van der Waals surface area (Å²) >= 11 is 1.53. The Morgan fingerprint density at radius 1 is 1.53 bits per heavy atom. The number of nitrogens with one attached hydrogen (secondary N) is 1. The molecule has 1 aromatic heterocycles. The van der Waals surface area contributed by atoms with Gasteiger partial charge in [0.05, 0.1) is 13.1 Å². The number of rotatable bonds is 4. The first kappa shape index (κ1) is 14.0. The van der Waals surface area contributed by atoms with E-state index in [1.165, 1.54) is 11.3 Å². The molecule has 1 saturated heterocycles. The van der Waals surface area contributed by atoms with E-state index >= 15 is 0 Å². The molecule has 1 N–H and O–H groups in total. The summed E-state index contributed by atoms with van der Waals surface area (Å²) in [6.45, 7) is 6.56. The van der Waals surface area contributed by atoms with Crippen LogP contribution in [0.15, 0.2) is 5.38 Å². The molecule has 5 nitrogen and oxygen atoms in total. The molecule has 6 heteroatoms. The molecule has 0 spiro atoms. The Balaban J connectivity index is 2.16. The maximum absolute atomic E-state index is 12.0. The third kappa shape index (κ3) is 3.32. The van der Waals surface area contributed by atoms with E-state index in [4.69, 9.17) is 0 Å². The normalized spacial score (nSPS) is 20.0. The second-order valence-electron chi connectivity index (χ2n) is 5.27. The lowest BCUT2D eigenvalue weighted by molar-refractivity contribution is -0.146. The van der Waals surface area contributed by atoms with Gasteiger partial charge in [-0.25, -0.2) is 4.98 Å². The van der Waals surface area contributed by atoms with Gasteiger partial charge in [-0.3, -0.25) is 9.59 Å². The van der Waals surface area contributed by atoms with Gasteiger partial charge in [0.2, 0.25) is 11.8 Å². The standard InChI is InChI=1S/C13H19N3O2S/c1-8(2)4-10-13(18)14-5-12(17)16(10)6-11-15-9(3)7-19-11/h7-8,10H,4-6H2,1-3H3,(H,14,18). The maximum atomic E-state index is 12.0. The third-order valence-corrected chi connectivity index (χ3v) is 4.03. The number of carbonyl (C=O) groups is 2. The number of hydrogen-bond acceptors (Lipinski definition) is 4. The van der Waals surface area contributed by atoms with Crippen LogP contribution in [0.5, 0.6) is 0 Å². The maximum Gasteiger partial charge on any atom is 0.243 e. The number of hydrogen-bond donors (Lipinski definition) is 1. The van der Waals surface area contributed by atoms with Gasteiger partial charge >= 0.3 is 0 Å². The summed E-state index contributed by atoms with van der Waals surface area (Å²) in [5.41, 5.74) is 0.953. The van der Waals surface area contributed by atoms with Crippen molar-refractivity contribution < 1.29 is 9.59 Å². The van der Waals surface area contributed by atoms with Crippen LogP contribution in [0.4, 0.5) is 0 Å². The van der Waals surface area contributed by atoms with E-state index in [0.29, 0.717) is 18.9 Å². The topological polar surface area (TPSA) is 62.3 Å². The number of thiazole rings is 1. The first-order chi connectivity index (χ1) is 8.97. The lowest BCUT2D eigenvalue weighted by atomic mass is 10.00. The lowest BCUT2D eigenvalue weighted by Gasteiger charge is -2.35.